The molecule has 1 unspecified atom stereocenters. The minimum atomic E-state index is -2.09. The van der Waals surface area contributed by atoms with Crippen LogP contribution in [0.3, 0.4) is 0 Å². The van der Waals surface area contributed by atoms with Crippen molar-refractivity contribution in [3.05, 3.63) is 0 Å². The third kappa shape index (κ3) is 1.93. The number of hydrogen-bond donors (Lipinski definition) is 0. The van der Waals surface area contributed by atoms with Crippen LogP contribution in [0.15, 0.2) is 0 Å². The summed E-state index contributed by atoms with van der Waals surface area (Å²) in [6.07, 6.45) is 5.16. The molecule has 0 aromatic carbocycles. The normalized spacial score (nSPS) is 24.8. The highest BCUT2D eigenvalue weighted by molar-refractivity contribution is 7.80. The first-order chi connectivity index (χ1) is 5.71. The third-order valence-corrected chi connectivity index (χ3v) is 3.86. The fourth-order valence-corrected chi connectivity index (χ4v) is 2.61. The molecule has 12 heavy (non-hydrogen) atoms. The third-order valence-electron chi connectivity index (χ3n) is 2.57. The molecule has 4 heteroatoms. The van der Waals surface area contributed by atoms with Crippen molar-refractivity contribution in [2.45, 2.75) is 43.3 Å². The van der Waals surface area contributed by atoms with Gasteiger partial charge in [0.15, 0.2) is 0 Å². The van der Waals surface area contributed by atoms with Crippen LogP contribution in [0.1, 0.15) is 38.5 Å². The fourth-order valence-electron chi connectivity index (χ4n) is 1.79. The zero-order valence-corrected chi connectivity index (χ0v) is 7.77. The van der Waals surface area contributed by atoms with Crippen molar-refractivity contribution < 1.29 is 13.6 Å². The van der Waals surface area contributed by atoms with E-state index in [1.165, 1.54) is 0 Å². The van der Waals surface area contributed by atoms with Gasteiger partial charge in [0, 0.05) is 11.2 Å². The van der Waals surface area contributed by atoms with Crippen LogP contribution >= 0.6 is 0 Å². The smallest absolute Gasteiger partial charge is 0.121 e. The van der Waals surface area contributed by atoms with Gasteiger partial charge in [0.2, 0.25) is 0 Å². The number of carbonyl (C=O) groups is 1. The summed E-state index contributed by atoms with van der Waals surface area (Å²) in [7, 11) is 0. The summed E-state index contributed by atoms with van der Waals surface area (Å²) in [5.74, 6) is 0. The van der Waals surface area contributed by atoms with Crippen molar-refractivity contribution in [2.24, 2.45) is 0 Å². The SMILES string of the molecule is O=CCC1(S(=O)[O-])CCCCC1. The second-order valence-electron chi connectivity index (χ2n) is 3.35. The molecular weight excluding hydrogens is 176 g/mol. The molecule has 0 radical (unpaired) electrons. The van der Waals surface area contributed by atoms with Gasteiger partial charge < -0.3 is 9.35 Å². The van der Waals surface area contributed by atoms with Crippen LogP contribution < -0.4 is 0 Å². The van der Waals surface area contributed by atoms with E-state index >= 15 is 0 Å². The van der Waals surface area contributed by atoms with Gasteiger partial charge >= 0.3 is 0 Å². The van der Waals surface area contributed by atoms with Gasteiger partial charge in [0.1, 0.15) is 6.29 Å². The number of hydrogen-bond acceptors (Lipinski definition) is 3. The molecule has 0 aromatic rings. The maximum Gasteiger partial charge on any atom is 0.121 e. The van der Waals surface area contributed by atoms with Crippen molar-refractivity contribution in [2.75, 3.05) is 0 Å². The minimum absolute atomic E-state index is 0.170. The zero-order chi connectivity index (χ0) is 9.03. The fraction of sp³-hybridized carbons (Fsp3) is 0.875. The summed E-state index contributed by atoms with van der Waals surface area (Å²) in [6.45, 7) is 0. The predicted octanol–water partition coefficient (Wildman–Crippen LogP) is 1.16. The zero-order valence-electron chi connectivity index (χ0n) is 6.95. The van der Waals surface area contributed by atoms with Crippen LogP contribution in [0.5, 0.6) is 0 Å². The van der Waals surface area contributed by atoms with E-state index in [-0.39, 0.29) is 6.42 Å². The summed E-state index contributed by atoms with van der Waals surface area (Å²) >= 11 is -2.09. The van der Waals surface area contributed by atoms with Crippen LogP contribution in [-0.2, 0) is 15.9 Å². The summed E-state index contributed by atoms with van der Waals surface area (Å²) in [5, 5.41) is 0. The molecule has 0 N–H and O–H groups in total. The van der Waals surface area contributed by atoms with Crippen LogP contribution in [-0.4, -0.2) is 19.8 Å². The van der Waals surface area contributed by atoms with Gasteiger partial charge in [0.05, 0.1) is 0 Å². The highest BCUT2D eigenvalue weighted by Gasteiger charge is 2.32. The molecule has 0 amide bonds. The Bertz CT molecular complexity index is 185. The summed E-state index contributed by atoms with van der Waals surface area (Å²) in [6, 6.07) is 0. The van der Waals surface area contributed by atoms with Crippen molar-refractivity contribution >= 4 is 17.4 Å². The van der Waals surface area contributed by atoms with E-state index in [1.807, 2.05) is 0 Å². The van der Waals surface area contributed by atoms with Crippen LogP contribution in [0.4, 0.5) is 0 Å². The summed E-state index contributed by atoms with van der Waals surface area (Å²) < 4.78 is 21.1. The van der Waals surface area contributed by atoms with E-state index in [2.05, 4.69) is 0 Å². The highest BCUT2D eigenvalue weighted by Crippen LogP contribution is 2.34. The second-order valence-corrected chi connectivity index (χ2v) is 4.68. The van der Waals surface area contributed by atoms with Gasteiger partial charge in [-0.3, -0.25) is 4.21 Å². The Labute approximate surface area is 74.8 Å². The van der Waals surface area contributed by atoms with E-state index in [9.17, 15) is 13.6 Å². The van der Waals surface area contributed by atoms with Crippen molar-refractivity contribution in [1.82, 2.24) is 0 Å². The van der Waals surface area contributed by atoms with Crippen molar-refractivity contribution in [3.63, 3.8) is 0 Å². The largest absolute Gasteiger partial charge is 0.772 e. The molecule has 70 valence electrons. The lowest BCUT2D eigenvalue weighted by atomic mass is 9.86. The monoisotopic (exact) mass is 189 g/mol. The topological polar surface area (TPSA) is 57.2 Å². The van der Waals surface area contributed by atoms with E-state index in [4.69, 9.17) is 0 Å². The number of rotatable bonds is 3. The second kappa shape index (κ2) is 4.14. The Morgan fingerprint density at radius 2 is 1.92 bits per heavy atom. The Morgan fingerprint density at radius 1 is 1.33 bits per heavy atom. The average molecular weight is 189 g/mol. The first-order valence-corrected chi connectivity index (χ1v) is 5.32. The molecule has 0 heterocycles. The molecule has 0 bridgehead atoms. The van der Waals surface area contributed by atoms with Crippen molar-refractivity contribution in [3.8, 4) is 0 Å². The Hall–Kier alpha value is -0.220. The van der Waals surface area contributed by atoms with E-state index in [0.29, 0.717) is 12.8 Å². The molecule has 1 fully saturated rings. The maximum absolute atomic E-state index is 10.9. The average Bonchev–Trinajstić information content (AvgIpc) is 2.06. The molecule has 1 atom stereocenters. The van der Waals surface area contributed by atoms with Gasteiger partial charge in [-0.15, -0.1) is 0 Å². The van der Waals surface area contributed by atoms with Gasteiger partial charge in [0.25, 0.3) is 0 Å². The molecule has 1 aliphatic rings. The standard InChI is InChI=1S/C8H14O3S/c9-7-6-8(12(10)11)4-2-1-3-5-8/h7H,1-6H2,(H,10,11)/p-1. The molecule has 1 rings (SSSR count). The van der Waals surface area contributed by atoms with E-state index < -0.39 is 15.8 Å². The molecule has 0 aliphatic heterocycles. The predicted molar refractivity (Wildman–Crippen MR) is 45.4 cm³/mol. The Balaban J connectivity index is 2.69. The lowest BCUT2D eigenvalue weighted by Gasteiger charge is -2.37. The lowest BCUT2D eigenvalue weighted by Crippen LogP contribution is -2.36. The first-order valence-electron chi connectivity index (χ1n) is 4.24. The summed E-state index contributed by atoms with van der Waals surface area (Å²) in [4.78, 5) is 10.3. The van der Waals surface area contributed by atoms with Crippen LogP contribution in [0, 0.1) is 0 Å². The highest BCUT2D eigenvalue weighted by atomic mass is 32.2. The Morgan fingerprint density at radius 3 is 2.33 bits per heavy atom. The van der Waals surface area contributed by atoms with Gasteiger partial charge in [-0.2, -0.15) is 0 Å². The maximum atomic E-state index is 10.9. The summed E-state index contributed by atoms with van der Waals surface area (Å²) in [5.41, 5.74) is 0. The first kappa shape index (κ1) is 9.86. The molecule has 0 aromatic heterocycles. The lowest BCUT2D eigenvalue weighted by molar-refractivity contribution is -0.108. The van der Waals surface area contributed by atoms with Gasteiger partial charge in [-0.1, -0.05) is 19.3 Å². The minimum Gasteiger partial charge on any atom is -0.772 e. The number of carbonyl (C=O) groups excluding carboxylic acids is 1. The van der Waals surface area contributed by atoms with E-state index in [1.54, 1.807) is 0 Å². The molecule has 0 saturated heterocycles. The molecule has 3 nitrogen and oxygen atoms in total. The molecule has 1 aliphatic carbocycles. The molecular formula is C8H13O3S-. The quantitative estimate of drug-likeness (QED) is 0.494. The van der Waals surface area contributed by atoms with Crippen LogP contribution in [0.2, 0.25) is 0 Å². The van der Waals surface area contributed by atoms with Crippen molar-refractivity contribution in [1.29, 1.82) is 0 Å². The Kier molecular flexibility index (Phi) is 3.40. The molecule has 0 spiro atoms. The van der Waals surface area contributed by atoms with Gasteiger partial charge in [-0.25, -0.2) is 0 Å². The number of aldehydes is 1. The van der Waals surface area contributed by atoms with E-state index in [0.717, 1.165) is 25.5 Å². The molecule has 1 saturated carbocycles. The van der Waals surface area contributed by atoms with Crippen LogP contribution in [0.25, 0.3) is 0 Å². The van der Waals surface area contributed by atoms with Gasteiger partial charge in [-0.05, 0) is 23.9 Å².